The fourth-order valence-electron chi connectivity index (χ4n) is 3.25. The second kappa shape index (κ2) is 12.3. The van der Waals surface area contributed by atoms with Gasteiger partial charge in [0, 0.05) is 32.1 Å². The number of piperidine rings is 1. The summed E-state index contributed by atoms with van der Waals surface area (Å²) < 4.78 is 10.6. The van der Waals surface area contributed by atoms with E-state index in [0.29, 0.717) is 26.2 Å². The first kappa shape index (κ1) is 23.8. The summed E-state index contributed by atoms with van der Waals surface area (Å²) in [5.74, 6) is 2.51. The molecule has 2 heterocycles. The number of amides is 2. The maximum absolute atomic E-state index is 11.3. The molecule has 164 valence electrons. The standard InChI is InChI=1S/C21H29N5O3.HI/c1-28-18-6-4-16(5-7-18)15-24-21(23-11-8-19-3-2-14-29-19)25-17-9-12-26(13-10-17)20(22)27;/h2-7,14,17H,8-13,15H2,1H3,(H2,22,27)(H2,23,24,25);1H. The number of methoxy groups -OCH3 is 1. The van der Waals surface area contributed by atoms with Crippen molar-refractivity contribution in [3.8, 4) is 5.75 Å². The molecule has 0 unspecified atom stereocenters. The van der Waals surface area contributed by atoms with Crippen LogP contribution in [0.15, 0.2) is 52.1 Å². The average Bonchev–Trinajstić information content (AvgIpc) is 3.26. The molecular weight excluding hydrogens is 497 g/mol. The highest BCUT2D eigenvalue weighted by Gasteiger charge is 2.21. The molecule has 1 aliphatic heterocycles. The van der Waals surface area contributed by atoms with E-state index in [4.69, 9.17) is 19.9 Å². The molecule has 9 heteroatoms. The molecule has 2 aromatic rings. The number of furan rings is 1. The van der Waals surface area contributed by atoms with Gasteiger partial charge >= 0.3 is 6.03 Å². The van der Waals surface area contributed by atoms with E-state index in [0.717, 1.165) is 42.3 Å². The number of benzene rings is 1. The molecule has 0 saturated carbocycles. The Hall–Kier alpha value is -2.43. The van der Waals surface area contributed by atoms with Gasteiger partial charge in [-0.15, -0.1) is 24.0 Å². The SMILES string of the molecule is COc1ccc(CN=C(NCCc2ccco2)NC2CCN(C(N)=O)CC2)cc1.I. The van der Waals surface area contributed by atoms with Crippen molar-refractivity contribution < 1.29 is 13.9 Å². The van der Waals surface area contributed by atoms with Crippen molar-refractivity contribution in [2.24, 2.45) is 10.7 Å². The second-order valence-corrected chi connectivity index (χ2v) is 7.01. The minimum absolute atomic E-state index is 0. The first-order chi connectivity index (χ1) is 14.1. The summed E-state index contributed by atoms with van der Waals surface area (Å²) in [6.45, 7) is 2.58. The zero-order valence-corrected chi connectivity index (χ0v) is 19.5. The van der Waals surface area contributed by atoms with Crippen LogP contribution in [0.3, 0.4) is 0 Å². The van der Waals surface area contributed by atoms with E-state index in [1.165, 1.54) is 0 Å². The normalized spacial score (nSPS) is 14.7. The molecule has 4 N–H and O–H groups in total. The summed E-state index contributed by atoms with van der Waals surface area (Å²) >= 11 is 0. The van der Waals surface area contributed by atoms with Crippen molar-refractivity contribution in [3.05, 3.63) is 54.0 Å². The summed E-state index contributed by atoms with van der Waals surface area (Å²) in [6, 6.07) is 11.6. The van der Waals surface area contributed by atoms with Gasteiger partial charge in [0.2, 0.25) is 0 Å². The quantitative estimate of drug-likeness (QED) is 0.292. The van der Waals surface area contributed by atoms with Gasteiger partial charge in [0.25, 0.3) is 0 Å². The Bertz CT molecular complexity index is 787. The van der Waals surface area contributed by atoms with E-state index in [-0.39, 0.29) is 36.0 Å². The van der Waals surface area contributed by atoms with Crippen molar-refractivity contribution in [2.45, 2.75) is 31.8 Å². The summed E-state index contributed by atoms with van der Waals surface area (Å²) in [6.07, 6.45) is 4.13. The highest BCUT2D eigenvalue weighted by atomic mass is 127. The molecule has 0 aliphatic carbocycles. The number of halogens is 1. The third-order valence-corrected chi connectivity index (χ3v) is 4.97. The number of nitrogens with one attached hydrogen (secondary N) is 2. The van der Waals surface area contributed by atoms with E-state index in [1.807, 2.05) is 36.4 Å². The van der Waals surface area contributed by atoms with E-state index < -0.39 is 0 Å². The van der Waals surface area contributed by atoms with Crippen LogP contribution in [0.1, 0.15) is 24.2 Å². The molecule has 30 heavy (non-hydrogen) atoms. The molecule has 1 aromatic heterocycles. The fourth-order valence-corrected chi connectivity index (χ4v) is 3.25. The van der Waals surface area contributed by atoms with Crippen LogP contribution in [-0.2, 0) is 13.0 Å². The van der Waals surface area contributed by atoms with Gasteiger partial charge < -0.3 is 30.4 Å². The Balaban J connectivity index is 0.00000320. The third-order valence-electron chi connectivity index (χ3n) is 4.97. The van der Waals surface area contributed by atoms with E-state index in [1.54, 1.807) is 18.3 Å². The van der Waals surface area contributed by atoms with Crippen LogP contribution in [0.4, 0.5) is 4.79 Å². The third kappa shape index (κ3) is 7.43. The van der Waals surface area contributed by atoms with Crippen LogP contribution in [0.25, 0.3) is 0 Å². The zero-order chi connectivity index (χ0) is 20.5. The number of rotatable bonds is 7. The topological polar surface area (TPSA) is 105 Å². The van der Waals surface area contributed by atoms with Gasteiger partial charge in [0.05, 0.1) is 19.9 Å². The first-order valence-electron chi connectivity index (χ1n) is 9.88. The van der Waals surface area contributed by atoms with Crippen LogP contribution in [-0.4, -0.2) is 49.7 Å². The van der Waals surface area contributed by atoms with Crippen LogP contribution in [0, 0.1) is 0 Å². The lowest BCUT2D eigenvalue weighted by atomic mass is 10.1. The van der Waals surface area contributed by atoms with Crippen LogP contribution in [0.5, 0.6) is 5.75 Å². The molecule has 2 amide bonds. The summed E-state index contributed by atoms with van der Waals surface area (Å²) in [4.78, 5) is 17.7. The smallest absolute Gasteiger partial charge is 0.314 e. The summed E-state index contributed by atoms with van der Waals surface area (Å²) in [5, 5.41) is 6.87. The van der Waals surface area contributed by atoms with Gasteiger partial charge in [0.15, 0.2) is 5.96 Å². The van der Waals surface area contributed by atoms with Gasteiger partial charge in [-0.1, -0.05) is 12.1 Å². The molecule has 1 aromatic carbocycles. The molecule has 1 aliphatic rings. The highest BCUT2D eigenvalue weighted by molar-refractivity contribution is 14.0. The number of urea groups is 1. The Morgan fingerprint density at radius 3 is 2.60 bits per heavy atom. The van der Waals surface area contributed by atoms with Crippen LogP contribution < -0.4 is 21.1 Å². The molecule has 1 fully saturated rings. The minimum Gasteiger partial charge on any atom is -0.497 e. The van der Waals surface area contributed by atoms with Gasteiger partial charge in [-0.05, 0) is 42.7 Å². The number of nitrogens with zero attached hydrogens (tertiary/aromatic N) is 2. The van der Waals surface area contributed by atoms with Crippen molar-refractivity contribution in [1.82, 2.24) is 15.5 Å². The summed E-state index contributed by atoms with van der Waals surface area (Å²) in [5.41, 5.74) is 6.47. The Labute approximate surface area is 194 Å². The van der Waals surface area contributed by atoms with Gasteiger partial charge in [-0.2, -0.15) is 0 Å². The monoisotopic (exact) mass is 527 g/mol. The van der Waals surface area contributed by atoms with Crippen LogP contribution in [0.2, 0.25) is 0 Å². The maximum atomic E-state index is 11.3. The van der Waals surface area contributed by atoms with Crippen LogP contribution >= 0.6 is 24.0 Å². The summed E-state index contributed by atoms with van der Waals surface area (Å²) in [7, 11) is 1.65. The molecule has 1 saturated heterocycles. The largest absolute Gasteiger partial charge is 0.497 e. The highest BCUT2D eigenvalue weighted by Crippen LogP contribution is 2.13. The number of likely N-dealkylation sites (tertiary alicyclic amines) is 1. The Kier molecular flexibility index (Phi) is 9.78. The number of hydrogen-bond donors (Lipinski definition) is 3. The number of carbonyl (C=O) groups is 1. The van der Waals surface area contributed by atoms with E-state index in [2.05, 4.69) is 10.6 Å². The van der Waals surface area contributed by atoms with Crippen molar-refractivity contribution in [2.75, 3.05) is 26.7 Å². The molecule has 0 atom stereocenters. The number of hydrogen-bond acceptors (Lipinski definition) is 4. The second-order valence-electron chi connectivity index (χ2n) is 7.01. The molecule has 8 nitrogen and oxygen atoms in total. The number of nitrogens with two attached hydrogens (primary N) is 1. The number of carbonyl (C=O) groups excluding carboxylic acids is 1. The van der Waals surface area contributed by atoms with Gasteiger partial charge in [-0.25, -0.2) is 9.79 Å². The molecule has 0 bridgehead atoms. The van der Waals surface area contributed by atoms with Gasteiger partial charge in [-0.3, -0.25) is 0 Å². The number of guanidine groups is 1. The molecule has 0 radical (unpaired) electrons. The lowest BCUT2D eigenvalue weighted by Gasteiger charge is -2.32. The maximum Gasteiger partial charge on any atom is 0.314 e. The predicted molar refractivity (Wildman–Crippen MR) is 127 cm³/mol. The number of ether oxygens (including phenoxy) is 1. The Morgan fingerprint density at radius 1 is 1.27 bits per heavy atom. The average molecular weight is 527 g/mol. The lowest BCUT2D eigenvalue weighted by Crippen LogP contribution is -2.51. The number of aliphatic imine (C=N–C) groups is 1. The Morgan fingerprint density at radius 2 is 2.00 bits per heavy atom. The van der Waals surface area contributed by atoms with E-state index in [9.17, 15) is 4.79 Å². The van der Waals surface area contributed by atoms with Crippen molar-refractivity contribution in [3.63, 3.8) is 0 Å². The van der Waals surface area contributed by atoms with Crippen molar-refractivity contribution in [1.29, 1.82) is 0 Å². The molecular formula is C21H30IN5O3. The fraction of sp³-hybridized carbons (Fsp3) is 0.429. The minimum atomic E-state index is -0.353. The first-order valence-corrected chi connectivity index (χ1v) is 9.88. The van der Waals surface area contributed by atoms with Crippen molar-refractivity contribution >= 4 is 36.0 Å². The molecule has 0 spiro atoms. The predicted octanol–water partition coefficient (Wildman–Crippen LogP) is 2.73. The number of primary amides is 1. The van der Waals surface area contributed by atoms with E-state index >= 15 is 0 Å². The zero-order valence-electron chi connectivity index (χ0n) is 17.2. The molecule has 3 rings (SSSR count). The lowest BCUT2D eigenvalue weighted by molar-refractivity contribution is 0.188. The van der Waals surface area contributed by atoms with Gasteiger partial charge in [0.1, 0.15) is 11.5 Å².